The van der Waals surface area contributed by atoms with Crippen molar-refractivity contribution in [1.29, 1.82) is 0 Å². The molecule has 1 fully saturated rings. The molecule has 0 aliphatic carbocycles. The predicted octanol–water partition coefficient (Wildman–Crippen LogP) is 7.36. The number of halogens is 1. The molecule has 0 saturated carbocycles. The molecule has 1 N–H and O–H groups in total. The number of amides is 1. The number of carbonyl (C=O) groups is 1. The molecule has 0 spiro atoms. The minimum absolute atomic E-state index is 0.276. The number of nitrogens with zero attached hydrogens (tertiary/aromatic N) is 2. The van der Waals surface area contributed by atoms with Crippen molar-refractivity contribution in [2.75, 3.05) is 43.6 Å². The number of rotatable bonds is 7. The van der Waals surface area contributed by atoms with Crippen molar-refractivity contribution < 1.29 is 32.9 Å². The Bertz CT molecular complexity index is 1700. The molecule has 10 heteroatoms. The maximum Gasteiger partial charge on any atom is 0.412 e. The van der Waals surface area contributed by atoms with E-state index in [1.54, 1.807) is 52.1 Å². The number of fused-ring (bicyclic) bond motifs is 2. The van der Waals surface area contributed by atoms with Crippen LogP contribution in [0.3, 0.4) is 0 Å². The molecule has 2 aliphatic heterocycles. The molecule has 0 atom stereocenters. The minimum atomic E-state index is -0.631. The van der Waals surface area contributed by atoms with Gasteiger partial charge >= 0.3 is 6.09 Å². The van der Waals surface area contributed by atoms with Crippen LogP contribution >= 0.6 is 0 Å². The number of ether oxygens (including phenoxy) is 5. The van der Waals surface area contributed by atoms with Crippen LogP contribution in [-0.2, 0) is 22.5 Å². The van der Waals surface area contributed by atoms with Crippen LogP contribution < -0.4 is 24.4 Å². The van der Waals surface area contributed by atoms with Crippen molar-refractivity contribution in [3.63, 3.8) is 0 Å². The zero-order valence-electron chi connectivity index (χ0n) is 25.8. The lowest BCUT2D eigenvalue weighted by atomic mass is 9.95. The first-order valence-corrected chi connectivity index (χ1v) is 14.9. The van der Waals surface area contributed by atoms with Gasteiger partial charge in [0.25, 0.3) is 0 Å². The van der Waals surface area contributed by atoms with Gasteiger partial charge in [-0.3, -0.25) is 5.32 Å². The van der Waals surface area contributed by atoms with E-state index < -0.39 is 11.7 Å². The Morgan fingerprint density at radius 2 is 1.80 bits per heavy atom. The van der Waals surface area contributed by atoms with Crippen molar-refractivity contribution in [3.8, 4) is 34.4 Å². The van der Waals surface area contributed by atoms with Gasteiger partial charge in [-0.25, -0.2) is 14.2 Å². The number of carbonyl (C=O) groups excluding carboxylic acids is 1. The number of methoxy groups -OCH3 is 1. The van der Waals surface area contributed by atoms with Gasteiger partial charge in [0.15, 0.2) is 0 Å². The Morgan fingerprint density at radius 1 is 1.02 bits per heavy atom. The monoisotopic (exact) mass is 613 g/mol. The quantitative estimate of drug-likeness (QED) is 0.204. The van der Waals surface area contributed by atoms with Gasteiger partial charge in [-0.2, -0.15) is 0 Å². The minimum Gasteiger partial charge on any atom is -0.497 e. The number of pyridine rings is 1. The average molecular weight is 614 g/mol. The molecule has 3 heterocycles. The van der Waals surface area contributed by atoms with Crippen molar-refractivity contribution in [3.05, 3.63) is 89.2 Å². The second kappa shape index (κ2) is 12.6. The van der Waals surface area contributed by atoms with E-state index in [2.05, 4.69) is 10.2 Å². The smallest absolute Gasteiger partial charge is 0.412 e. The van der Waals surface area contributed by atoms with Crippen molar-refractivity contribution >= 4 is 17.5 Å². The molecular formula is C35H36FN3O6. The van der Waals surface area contributed by atoms with E-state index in [4.69, 9.17) is 28.7 Å². The summed E-state index contributed by atoms with van der Waals surface area (Å²) in [5.41, 5.74) is 4.21. The third kappa shape index (κ3) is 7.12. The normalized spacial score (nSPS) is 14.1. The van der Waals surface area contributed by atoms with E-state index in [1.165, 1.54) is 6.07 Å². The lowest BCUT2D eigenvalue weighted by Gasteiger charge is -2.29. The number of hydrogen-bond acceptors (Lipinski definition) is 8. The number of anilines is 2. The van der Waals surface area contributed by atoms with Gasteiger partial charge in [0, 0.05) is 53.6 Å². The van der Waals surface area contributed by atoms with Gasteiger partial charge in [0.1, 0.15) is 35.3 Å². The van der Waals surface area contributed by atoms with Gasteiger partial charge < -0.3 is 28.6 Å². The van der Waals surface area contributed by atoms with Crippen molar-refractivity contribution in [1.82, 2.24) is 4.98 Å². The fourth-order valence-corrected chi connectivity index (χ4v) is 5.29. The number of nitrogens with one attached hydrogen (secondary N) is 1. The molecule has 3 aromatic carbocycles. The van der Waals surface area contributed by atoms with Crippen LogP contribution in [0.5, 0.6) is 23.1 Å². The van der Waals surface area contributed by atoms with Crippen molar-refractivity contribution in [2.45, 2.75) is 39.4 Å². The predicted molar refractivity (Wildman–Crippen MR) is 169 cm³/mol. The summed E-state index contributed by atoms with van der Waals surface area (Å²) in [7, 11) is 1.63. The van der Waals surface area contributed by atoms with Crippen LogP contribution in [0.25, 0.3) is 11.3 Å². The highest BCUT2D eigenvalue weighted by atomic mass is 19.1. The van der Waals surface area contributed by atoms with E-state index in [-0.39, 0.29) is 12.2 Å². The lowest BCUT2D eigenvalue weighted by molar-refractivity contribution is 0.0636. The summed E-state index contributed by atoms with van der Waals surface area (Å²) in [6, 6.07) is 20.0. The molecule has 6 rings (SSSR count). The zero-order chi connectivity index (χ0) is 31.6. The van der Waals surface area contributed by atoms with E-state index in [0.717, 1.165) is 35.7 Å². The highest BCUT2D eigenvalue weighted by molar-refractivity contribution is 5.85. The third-order valence-electron chi connectivity index (χ3n) is 7.47. The van der Waals surface area contributed by atoms with E-state index in [9.17, 15) is 4.79 Å². The third-order valence-corrected chi connectivity index (χ3v) is 7.47. The summed E-state index contributed by atoms with van der Waals surface area (Å²) in [5, 5.41) is 2.74. The van der Waals surface area contributed by atoms with Crippen LogP contribution in [0.15, 0.2) is 66.7 Å². The molecule has 4 aromatic rings. The molecule has 1 amide bonds. The molecule has 0 radical (unpaired) electrons. The molecule has 1 aromatic heterocycles. The van der Waals surface area contributed by atoms with E-state index in [1.807, 2.05) is 36.4 Å². The molecule has 2 aliphatic rings. The number of hydrogen-bond donors (Lipinski definition) is 1. The van der Waals surface area contributed by atoms with Crippen LogP contribution in [0, 0.1) is 5.82 Å². The van der Waals surface area contributed by atoms with Crippen molar-refractivity contribution in [2.24, 2.45) is 0 Å². The first-order chi connectivity index (χ1) is 21.6. The van der Waals surface area contributed by atoms with Crippen LogP contribution in [0.4, 0.5) is 20.6 Å². The molecule has 0 bridgehead atoms. The summed E-state index contributed by atoms with van der Waals surface area (Å²) in [5.74, 6) is 1.81. The number of aromatic nitrogens is 1. The molecule has 1 saturated heterocycles. The second-order valence-electron chi connectivity index (χ2n) is 11.9. The molecular weight excluding hydrogens is 577 g/mol. The van der Waals surface area contributed by atoms with E-state index in [0.29, 0.717) is 59.7 Å². The maximum absolute atomic E-state index is 15.3. The van der Waals surface area contributed by atoms with Gasteiger partial charge in [-0.15, -0.1) is 0 Å². The number of morpholine rings is 1. The molecule has 0 unspecified atom stereocenters. The van der Waals surface area contributed by atoms with Gasteiger partial charge in [0.05, 0.1) is 26.0 Å². The Labute approximate surface area is 261 Å². The maximum atomic E-state index is 15.3. The average Bonchev–Trinajstić information content (AvgIpc) is 3.03. The van der Waals surface area contributed by atoms with Crippen LogP contribution in [0.2, 0.25) is 0 Å². The summed E-state index contributed by atoms with van der Waals surface area (Å²) in [6.45, 7) is 8.41. The number of benzene rings is 3. The second-order valence-corrected chi connectivity index (χ2v) is 11.9. The fraction of sp³-hybridized carbons (Fsp3) is 0.314. The first-order valence-electron chi connectivity index (χ1n) is 14.9. The standard InChI is InChI=1S/C35H36FN3O6/c1-35(2,3)45-34(40)37-24-7-12-31-23(17-24)18-28-29(36)11-10-27(33(28)44-31)30-19-25(39-13-15-42-16-14-39)20-32(38-30)43-21-22-5-8-26(41-4)9-6-22/h5-12,17,19-20H,13-16,18,21H2,1-4H3,(H,37,40). The SMILES string of the molecule is COc1ccc(COc2cc(N3CCOCC3)cc(-c3ccc(F)c4c3Oc3ccc(NC(=O)OC(C)(C)C)cc3C4)n2)cc1. The van der Waals surface area contributed by atoms with Gasteiger partial charge in [-0.1, -0.05) is 12.1 Å². The Hall–Kier alpha value is -4.83. The molecule has 9 nitrogen and oxygen atoms in total. The summed E-state index contributed by atoms with van der Waals surface area (Å²) in [6.07, 6.45) is -0.290. The molecule has 234 valence electrons. The van der Waals surface area contributed by atoms with Gasteiger partial charge in [-0.05, 0) is 74.9 Å². The summed E-state index contributed by atoms with van der Waals surface area (Å²) >= 11 is 0. The van der Waals surface area contributed by atoms with E-state index >= 15 is 4.39 Å². The Morgan fingerprint density at radius 3 is 2.53 bits per heavy atom. The first kappa shape index (κ1) is 30.2. The highest BCUT2D eigenvalue weighted by Gasteiger charge is 2.26. The summed E-state index contributed by atoms with van der Waals surface area (Å²) < 4.78 is 44.1. The highest BCUT2D eigenvalue weighted by Crippen LogP contribution is 2.45. The lowest BCUT2D eigenvalue weighted by Crippen LogP contribution is -2.36. The zero-order valence-corrected chi connectivity index (χ0v) is 25.8. The Kier molecular flexibility index (Phi) is 8.49. The van der Waals surface area contributed by atoms with Crippen LogP contribution in [-0.4, -0.2) is 50.1 Å². The molecule has 45 heavy (non-hydrogen) atoms. The Balaban J connectivity index is 1.31. The largest absolute Gasteiger partial charge is 0.497 e. The fourth-order valence-electron chi connectivity index (χ4n) is 5.29. The summed E-state index contributed by atoms with van der Waals surface area (Å²) in [4.78, 5) is 19.4. The van der Waals surface area contributed by atoms with Crippen LogP contribution in [0.1, 0.15) is 37.5 Å². The topological polar surface area (TPSA) is 91.4 Å². The van der Waals surface area contributed by atoms with Gasteiger partial charge in [0.2, 0.25) is 5.88 Å².